The number of hydrogen-bond acceptors (Lipinski definition) is 4. The SMILES string of the molecule is CC.C[C@@H]1C[C@H]2C3CCC4=CC(=O)C=CC4(C)[C@@]3(F)C(O)CC2(C)C1C(=O)CO. The Morgan fingerprint density at radius 1 is 1.28 bits per heavy atom. The number of carbonyl (C=O) groups is 2. The topological polar surface area (TPSA) is 74.6 Å². The molecule has 4 aliphatic carbocycles. The lowest BCUT2D eigenvalue weighted by Gasteiger charge is -2.62. The Balaban J connectivity index is 0.00000117. The quantitative estimate of drug-likeness (QED) is 0.731. The summed E-state index contributed by atoms with van der Waals surface area (Å²) in [7, 11) is 0. The highest BCUT2D eigenvalue weighted by Gasteiger charge is 2.71. The summed E-state index contributed by atoms with van der Waals surface area (Å²) in [4.78, 5) is 24.3. The molecule has 0 heterocycles. The van der Waals surface area contributed by atoms with Crippen molar-refractivity contribution in [2.45, 2.75) is 72.1 Å². The number of hydrogen-bond donors (Lipinski definition) is 2. The van der Waals surface area contributed by atoms with Gasteiger partial charge in [-0.3, -0.25) is 9.59 Å². The van der Waals surface area contributed by atoms with Gasteiger partial charge in [-0.2, -0.15) is 0 Å². The van der Waals surface area contributed by atoms with Crippen LogP contribution in [0.25, 0.3) is 0 Å². The van der Waals surface area contributed by atoms with Crippen molar-refractivity contribution in [2.24, 2.45) is 34.5 Å². The number of allylic oxidation sites excluding steroid dienone is 4. The molecule has 0 saturated heterocycles. The third kappa shape index (κ3) is 2.83. The van der Waals surface area contributed by atoms with Crippen LogP contribution in [0, 0.1) is 34.5 Å². The summed E-state index contributed by atoms with van der Waals surface area (Å²) >= 11 is 0. The van der Waals surface area contributed by atoms with Gasteiger partial charge in [-0.15, -0.1) is 0 Å². The van der Waals surface area contributed by atoms with Gasteiger partial charge in [0.2, 0.25) is 0 Å². The van der Waals surface area contributed by atoms with Gasteiger partial charge in [0.15, 0.2) is 17.2 Å². The molecular formula is C24H35FO4. The summed E-state index contributed by atoms with van der Waals surface area (Å²) in [5.41, 5.74) is -2.59. The Kier molecular flexibility index (Phi) is 5.72. The summed E-state index contributed by atoms with van der Waals surface area (Å²) in [6, 6.07) is 0. The highest BCUT2D eigenvalue weighted by atomic mass is 19.1. The molecule has 0 aromatic carbocycles. The number of halogens is 1. The number of aliphatic hydroxyl groups excluding tert-OH is 2. The number of rotatable bonds is 2. The van der Waals surface area contributed by atoms with Crippen molar-refractivity contribution in [3.8, 4) is 0 Å². The highest BCUT2D eigenvalue weighted by molar-refractivity contribution is 6.01. The zero-order valence-electron chi connectivity index (χ0n) is 18.2. The molecule has 0 aliphatic heterocycles. The molecule has 0 radical (unpaired) electrons. The molecule has 4 rings (SSSR count). The maximum Gasteiger partial charge on any atom is 0.178 e. The van der Waals surface area contributed by atoms with Crippen molar-refractivity contribution in [1.82, 2.24) is 0 Å². The summed E-state index contributed by atoms with van der Waals surface area (Å²) in [5.74, 6) is -1.00. The second-order valence-corrected chi connectivity index (χ2v) is 9.67. The van der Waals surface area contributed by atoms with Crippen molar-refractivity contribution >= 4 is 11.6 Å². The van der Waals surface area contributed by atoms with Gasteiger partial charge in [-0.1, -0.05) is 39.3 Å². The van der Waals surface area contributed by atoms with E-state index in [0.29, 0.717) is 12.8 Å². The van der Waals surface area contributed by atoms with Crippen LogP contribution in [-0.4, -0.2) is 40.2 Å². The Morgan fingerprint density at radius 3 is 2.55 bits per heavy atom. The Morgan fingerprint density at radius 2 is 1.93 bits per heavy atom. The van der Waals surface area contributed by atoms with Crippen LogP contribution in [0.4, 0.5) is 4.39 Å². The Labute approximate surface area is 173 Å². The lowest BCUT2D eigenvalue weighted by molar-refractivity contribution is -0.195. The van der Waals surface area contributed by atoms with E-state index < -0.39 is 29.2 Å². The molecule has 0 spiro atoms. The summed E-state index contributed by atoms with van der Waals surface area (Å²) in [6.45, 7) is 9.29. The maximum absolute atomic E-state index is 16.8. The lowest BCUT2D eigenvalue weighted by Crippen LogP contribution is -2.66. The number of Topliss-reactive ketones (excluding diaryl/α,β-unsaturated/α-hetero) is 1. The van der Waals surface area contributed by atoms with E-state index in [9.17, 15) is 19.8 Å². The van der Waals surface area contributed by atoms with Crippen molar-refractivity contribution in [2.75, 3.05) is 6.61 Å². The molecular weight excluding hydrogens is 371 g/mol. The Bertz CT molecular complexity index is 758. The fourth-order valence-electron chi connectivity index (χ4n) is 7.36. The van der Waals surface area contributed by atoms with Crippen LogP contribution < -0.4 is 0 Å². The minimum atomic E-state index is -1.85. The number of carbonyl (C=O) groups excluding carboxylic acids is 2. The van der Waals surface area contributed by atoms with Crippen molar-refractivity contribution < 1.29 is 24.2 Å². The van der Waals surface area contributed by atoms with Crippen LogP contribution in [0.2, 0.25) is 0 Å². The first-order valence-electron chi connectivity index (χ1n) is 11.0. The number of alkyl halides is 1. The first-order valence-corrected chi connectivity index (χ1v) is 11.0. The van der Waals surface area contributed by atoms with Gasteiger partial charge < -0.3 is 10.2 Å². The Hall–Kier alpha value is -1.33. The number of fused-ring (bicyclic) bond motifs is 5. The first kappa shape index (κ1) is 22.4. The van der Waals surface area contributed by atoms with Crippen molar-refractivity contribution in [3.63, 3.8) is 0 Å². The van der Waals surface area contributed by atoms with E-state index in [4.69, 9.17) is 0 Å². The molecule has 2 N–H and O–H groups in total. The zero-order chi connectivity index (χ0) is 21.8. The third-order valence-corrected chi connectivity index (χ3v) is 8.48. The molecule has 5 unspecified atom stereocenters. The maximum atomic E-state index is 16.8. The normalized spacial score (nSPS) is 47.9. The molecule has 29 heavy (non-hydrogen) atoms. The van der Waals surface area contributed by atoms with Crippen LogP contribution in [0.5, 0.6) is 0 Å². The number of aliphatic hydroxyl groups is 2. The predicted octanol–water partition coefficient (Wildman–Crippen LogP) is 3.81. The van der Waals surface area contributed by atoms with Gasteiger partial charge in [0.1, 0.15) is 6.61 Å². The zero-order valence-corrected chi connectivity index (χ0v) is 18.2. The summed E-state index contributed by atoms with van der Waals surface area (Å²) in [5, 5.41) is 20.6. The first-order chi connectivity index (χ1) is 13.6. The molecule has 4 aliphatic rings. The van der Waals surface area contributed by atoms with Crippen LogP contribution in [-0.2, 0) is 9.59 Å². The van der Waals surface area contributed by atoms with E-state index in [1.807, 2.05) is 27.7 Å². The standard InChI is InChI=1S/C22H29FO4.C2H6/c1-12-8-16-15-5-4-13-9-14(25)6-7-21(13,3)22(15,23)18(27)10-20(16,2)19(12)17(26)11-24;1-2/h6-7,9,12,15-16,18-19,24,27H,4-5,8,10-11H2,1-3H3;1-2H3/t12-,15?,16+,18?,19?,20?,21?,22+;/m1./s1. The van der Waals surface area contributed by atoms with E-state index in [2.05, 4.69) is 0 Å². The van der Waals surface area contributed by atoms with E-state index in [-0.39, 0.29) is 41.7 Å². The van der Waals surface area contributed by atoms with E-state index in [1.165, 1.54) is 12.2 Å². The number of ketones is 2. The van der Waals surface area contributed by atoms with Crippen molar-refractivity contribution in [1.29, 1.82) is 0 Å². The van der Waals surface area contributed by atoms with Gasteiger partial charge >= 0.3 is 0 Å². The molecule has 5 heteroatoms. The third-order valence-electron chi connectivity index (χ3n) is 8.48. The average Bonchev–Trinajstić information content (AvgIpc) is 2.94. The molecule has 162 valence electrons. The van der Waals surface area contributed by atoms with Gasteiger partial charge in [0, 0.05) is 17.3 Å². The highest BCUT2D eigenvalue weighted by Crippen LogP contribution is 2.69. The van der Waals surface area contributed by atoms with Gasteiger partial charge in [-0.25, -0.2) is 4.39 Å². The molecule has 8 atom stereocenters. The minimum absolute atomic E-state index is 0.0224. The molecule has 3 saturated carbocycles. The van der Waals surface area contributed by atoms with E-state index in [1.54, 1.807) is 13.0 Å². The van der Waals surface area contributed by atoms with E-state index in [0.717, 1.165) is 12.0 Å². The average molecular weight is 407 g/mol. The fourth-order valence-corrected chi connectivity index (χ4v) is 7.36. The van der Waals surface area contributed by atoms with Crippen LogP contribution in [0.15, 0.2) is 23.8 Å². The van der Waals surface area contributed by atoms with Gasteiger partial charge in [-0.05, 0) is 62.0 Å². The monoisotopic (exact) mass is 406 g/mol. The fraction of sp³-hybridized carbons (Fsp3) is 0.750. The van der Waals surface area contributed by atoms with E-state index >= 15 is 4.39 Å². The molecule has 0 aromatic heterocycles. The summed E-state index contributed by atoms with van der Waals surface area (Å²) < 4.78 is 16.8. The van der Waals surface area contributed by atoms with Crippen LogP contribution >= 0.6 is 0 Å². The summed E-state index contributed by atoms with van der Waals surface area (Å²) in [6.07, 6.45) is 5.53. The van der Waals surface area contributed by atoms with Gasteiger partial charge in [0.05, 0.1) is 6.10 Å². The second kappa shape index (κ2) is 7.42. The molecule has 0 amide bonds. The van der Waals surface area contributed by atoms with Gasteiger partial charge in [0.25, 0.3) is 0 Å². The minimum Gasteiger partial charge on any atom is -0.390 e. The lowest BCUT2D eigenvalue weighted by atomic mass is 9.45. The smallest absolute Gasteiger partial charge is 0.178 e. The molecule has 0 bridgehead atoms. The van der Waals surface area contributed by atoms with Crippen LogP contribution in [0.1, 0.15) is 60.3 Å². The van der Waals surface area contributed by atoms with Crippen LogP contribution in [0.3, 0.4) is 0 Å². The largest absolute Gasteiger partial charge is 0.390 e. The van der Waals surface area contributed by atoms with Crippen molar-refractivity contribution in [3.05, 3.63) is 23.8 Å². The second-order valence-electron chi connectivity index (χ2n) is 9.67. The molecule has 3 fully saturated rings. The predicted molar refractivity (Wildman–Crippen MR) is 110 cm³/mol. The molecule has 4 nitrogen and oxygen atoms in total. The molecule has 0 aromatic rings.